The van der Waals surface area contributed by atoms with E-state index in [2.05, 4.69) is 15.5 Å². The highest BCUT2D eigenvalue weighted by Gasteiger charge is 2.09. The zero-order chi connectivity index (χ0) is 16.1. The first-order chi connectivity index (χ1) is 10.5. The van der Waals surface area contributed by atoms with Gasteiger partial charge in [-0.3, -0.25) is 0 Å². The van der Waals surface area contributed by atoms with Crippen molar-refractivity contribution in [1.82, 2.24) is 5.16 Å². The largest absolute Gasteiger partial charge is 0.497 e. The second-order valence-corrected chi connectivity index (χ2v) is 4.70. The van der Waals surface area contributed by atoms with Gasteiger partial charge in [-0.1, -0.05) is 5.16 Å². The molecule has 2 rings (SSSR count). The number of halogens is 1. The van der Waals surface area contributed by atoms with Crippen LogP contribution >= 0.6 is 24.0 Å². The maximum absolute atomic E-state index is 5.93. The highest BCUT2D eigenvalue weighted by molar-refractivity contribution is 14.0. The molecular weight excluding hydrogens is 411 g/mol. The highest BCUT2D eigenvalue weighted by atomic mass is 127. The Morgan fingerprint density at radius 2 is 2.04 bits per heavy atom. The first-order valence-electron chi connectivity index (χ1n) is 6.76. The monoisotopic (exact) mass is 432 g/mol. The number of methoxy groups -OCH3 is 2. The van der Waals surface area contributed by atoms with Crippen molar-refractivity contribution in [3.63, 3.8) is 0 Å². The Morgan fingerprint density at radius 3 is 2.61 bits per heavy atom. The highest BCUT2D eigenvalue weighted by Crippen LogP contribution is 2.28. The Labute approximate surface area is 152 Å². The Kier molecular flexibility index (Phi) is 7.14. The molecule has 126 valence electrons. The van der Waals surface area contributed by atoms with Crippen LogP contribution in [0, 0.1) is 13.8 Å². The van der Waals surface area contributed by atoms with Gasteiger partial charge in [-0.25, -0.2) is 4.99 Å². The van der Waals surface area contributed by atoms with Crippen molar-refractivity contribution in [2.24, 2.45) is 10.7 Å². The van der Waals surface area contributed by atoms with E-state index >= 15 is 0 Å². The summed E-state index contributed by atoms with van der Waals surface area (Å²) in [6.45, 7) is 4.11. The van der Waals surface area contributed by atoms with Crippen molar-refractivity contribution in [3.05, 3.63) is 35.2 Å². The van der Waals surface area contributed by atoms with Gasteiger partial charge in [0.15, 0.2) is 5.96 Å². The quantitative estimate of drug-likeness (QED) is 0.429. The smallest absolute Gasteiger partial charge is 0.193 e. The third-order valence-electron chi connectivity index (χ3n) is 3.26. The van der Waals surface area contributed by atoms with Crippen LogP contribution in [0.3, 0.4) is 0 Å². The molecule has 3 N–H and O–H groups in total. The van der Waals surface area contributed by atoms with Crippen LogP contribution in [-0.4, -0.2) is 25.3 Å². The number of ether oxygens (including phenoxy) is 2. The standard InChI is InChI=1S/C15H20N4O3.HI/c1-9-12(10(2)22-19-9)8-17-15(16)18-13-7-11(20-3)5-6-14(13)21-4;/h5-7H,8H2,1-4H3,(H3,16,17,18);1H. The molecule has 2 aromatic rings. The SMILES string of the molecule is COc1ccc(OC)c(NC(N)=NCc2c(C)noc2C)c1.I. The fourth-order valence-electron chi connectivity index (χ4n) is 1.98. The predicted molar refractivity (Wildman–Crippen MR) is 99.9 cm³/mol. The fraction of sp³-hybridized carbons (Fsp3) is 0.333. The van der Waals surface area contributed by atoms with Gasteiger partial charge in [-0.15, -0.1) is 24.0 Å². The van der Waals surface area contributed by atoms with Crippen LogP contribution in [0.2, 0.25) is 0 Å². The molecule has 0 unspecified atom stereocenters. The number of nitrogens with zero attached hydrogens (tertiary/aromatic N) is 2. The summed E-state index contributed by atoms with van der Waals surface area (Å²) in [5.74, 6) is 2.36. The lowest BCUT2D eigenvalue weighted by molar-refractivity contribution is 0.392. The lowest BCUT2D eigenvalue weighted by atomic mass is 10.2. The van der Waals surface area contributed by atoms with Crippen LogP contribution in [0.25, 0.3) is 0 Å². The van der Waals surface area contributed by atoms with Crippen molar-refractivity contribution in [2.75, 3.05) is 19.5 Å². The minimum absolute atomic E-state index is 0. The number of rotatable bonds is 5. The van der Waals surface area contributed by atoms with Gasteiger partial charge < -0.3 is 25.0 Å². The molecule has 1 aromatic carbocycles. The number of aryl methyl sites for hydroxylation is 2. The Bertz CT molecular complexity index is 666. The molecule has 0 aliphatic heterocycles. The number of nitrogens with two attached hydrogens (primary N) is 1. The van der Waals surface area contributed by atoms with Crippen molar-refractivity contribution in [2.45, 2.75) is 20.4 Å². The van der Waals surface area contributed by atoms with Gasteiger partial charge in [-0.05, 0) is 26.0 Å². The number of aromatic nitrogens is 1. The maximum atomic E-state index is 5.93. The Morgan fingerprint density at radius 1 is 1.30 bits per heavy atom. The average Bonchev–Trinajstić information content (AvgIpc) is 2.83. The summed E-state index contributed by atoms with van der Waals surface area (Å²) in [6, 6.07) is 5.39. The molecule has 0 saturated heterocycles. The molecule has 1 aromatic heterocycles. The van der Waals surface area contributed by atoms with Crippen LogP contribution in [0.15, 0.2) is 27.7 Å². The van der Waals surface area contributed by atoms with E-state index in [0.717, 1.165) is 17.0 Å². The van der Waals surface area contributed by atoms with Gasteiger partial charge in [0.05, 0.1) is 32.1 Å². The number of guanidine groups is 1. The van der Waals surface area contributed by atoms with Crippen LogP contribution in [-0.2, 0) is 6.54 Å². The van der Waals surface area contributed by atoms with Gasteiger partial charge in [0, 0.05) is 11.6 Å². The number of anilines is 1. The van der Waals surface area contributed by atoms with E-state index in [9.17, 15) is 0 Å². The third kappa shape index (κ3) is 4.75. The summed E-state index contributed by atoms with van der Waals surface area (Å²) in [4.78, 5) is 4.30. The Balaban J connectivity index is 0.00000264. The van der Waals surface area contributed by atoms with E-state index in [1.54, 1.807) is 32.4 Å². The second kappa shape index (κ2) is 8.61. The molecule has 0 bridgehead atoms. The molecule has 0 radical (unpaired) electrons. The molecule has 0 spiro atoms. The average molecular weight is 432 g/mol. The molecule has 0 aliphatic carbocycles. The lowest BCUT2D eigenvalue weighted by Crippen LogP contribution is -2.23. The molecule has 7 nitrogen and oxygen atoms in total. The van der Waals surface area contributed by atoms with Crippen molar-refractivity contribution in [1.29, 1.82) is 0 Å². The zero-order valence-corrected chi connectivity index (χ0v) is 15.9. The van der Waals surface area contributed by atoms with Crippen molar-refractivity contribution in [3.8, 4) is 11.5 Å². The van der Waals surface area contributed by atoms with E-state index in [1.807, 2.05) is 13.8 Å². The van der Waals surface area contributed by atoms with Crippen LogP contribution < -0.4 is 20.5 Å². The van der Waals surface area contributed by atoms with Gasteiger partial charge in [0.25, 0.3) is 0 Å². The molecule has 1 heterocycles. The predicted octanol–water partition coefficient (Wildman–Crippen LogP) is 2.85. The summed E-state index contributed by atoms with van der Waals surface area (Å²) in [7, 11) is 3.19. The summed E-state index contributed by atoms with van der Waals surface area (Å²) in [6.07, 6.45) is 0. The van der Waals surface area contributed by atoms with E-state index < -0.39 is 0 Å². The van der Waals surface area contributed by atoms with Gasteiger partial charge >= 0.3 is 0 Å². The minimum Gasteiger partial charge on any atom is -0.497 e. The summed E-state index contributed by atoms with van der Waals surface area (Å²) < 4.78 is 15.6. The number of hydrogen-bond acceptors (Lipinski definition) is 5. The molecule has 0 atom stereocenters. The normalized spacial score (nSPS) is 10.9. The Hall–Kier alpha value is -1.97. The van der Waals surface area contributed by atoms with E-state index in [-0.39, 0.29) is 29.9 Å². The van der Waals surface area contributed by atoms with E-state index in [0.29, 0.717) is 23.7 Å². The minimum atomic E-state index is 0. The van der Waals surface area contributed by atoms with E-state index in [1.165, 1.54) is 0 Å². The van der Waals surface area contributed by atoms with Gasteiger partial charge in [-0.2, -0.15) is 0 Å². The topological polar surface area (TPSA) is 94.9 Å². The first-order valence-corrected chi connectivity index (χ1v) is 6.76. The third-order valence-corrected chi connectivity index (χ3v) is 3.26. The molecule has 0 aliphatic rings. The fourth-order valence-corrected chi connectivity index (χ4v) is 1.98. The molecule has 23 heavy (non-hydrogen) atoms. The lowest BCUT2D eigenvalue weighted by Gasteiger charge is -2.12. The van der Waals surface area contributed by atoms with Crippen molar-refractivity contribution < 1.29 is 14.0 Å². The van der Waals surface area contributed by atoms with Gasteiger partial charge in [0.2, 0.25) is 0 Å². The van der Waals surface area contributed by atoms with Crippen LogP contribution in [0.4, 0.5) is 5.69 Å². The number of benzene rings is 1. The summed E-state index contributed by atoms with van der Waals surface area (Å²) in [5, 5.41) is 6.90. The number of hydrogen-bond donors (Lipinski definition) is 2. The van der Waals surface area contributed by atoms with Gasteiger partial charge in [0.1, 0.15) is 17.3 Å². The first kappa shape index (κ1) is 19.1. The zero-order valence-electron chi connectivity index (χ0n) is 13.5. The number of nitrogens with one attached hydrogen (secondary N) is 1. The van der Waals surface area contributed by atoms with Crippen LogP contribution in [0.5, 0.6) is 11.5 Å². The maximum Gasteiger partial charge on any atom is 0.193 e. The van der Waals surface area contributed by atoms with Crippen molar-refractivity contribution >= 4 is 35.6 Å². The molecule has 0 saturated carbocycles. The number of aliphatic imine (C=N–C) groups is 1. The van der Waals surface area contributed by atoms with E-state index in [4.69, 9.17) is 19.7 Å². The van der Waals surface area contributed by atoms with Crippen LogP contribution in [0.1, 0.15) is 17.0 Å². The molecule has 0 fully saturated rings. The molecule has 8 heteroatoms. The molecular formula is C15H21IN4O3. The molecule has 0 amide bonds. The second-order valence-electron chi connectivity index (χ2n) is 4.70. The summed E-state index contributed by atoms with van der Waals surface area (Å²) in [5.41, 5.74) is 8.36. The summed E-state index contributed by atoms with van der Waals surface area (Å²) >= 11 is 0.